The van der Waals surface area contributed by atoms with Gasteiger partial charge < -0.3 is 10.5 Å². The van der Waals surface area contributed by atoms with E-state index in [0.29, 0.717) is 34.0 Å². The second kappa shape index (κ2) is 8.01. The van der Waals surface area contributed by atoms with Gasteiger partial charge >= 0.3 is 0 Å². The summed E-state index contributed by atoms with van der Waals surface area (Å²) in [6, 6.07) is 8.90. The zero-order valence-corrected chi connectivity index (χ0v) is 19.0. The molecule has 2 saturated carbocycles. The van der Waals surface area contributed by atoms with E-state index >= 15 is 0 Å². The quantitative estimate of drug-likeness (QED) is 0.728. The van der Waals surface area contributed by atoms with Crippen LogP contribution in [0.4, 0.5) is 4.39 Å². The molecule has 3 heterocycles. The Morgan fingerprint density at radius 1 is 1.09 bits per heavy atom. The topological polar surface area (TPSA) is 64.3 Å². The zero-order valence-electron chi connectivity index (χ0n) is 18.2. The Morgan fingerprint density at radius 2 is 1.91 bits per heavy atom. The molecule has 0 spiro atoms. The van der Waals surface area contributed by atoms with Crippen LogP contribution in [0.25, 0.3) is 11.3 Å². The molecule has 4 atom stereocenters. The Labute approximate surface area is 193 Å². The second-order valence-corrected chi connectivity index (χ2v) is 10.6. The van der Waals surface area contributed by atoms with Gasteiger partial charge in [0.1, 0.15) is 5.82 Å². The first-order valence-electron chi connectivity index (χ1n) is 11.9. The lowest BCUT2D eigenvalue weighted by atomic mass is 9.86. The van der Waals surface area contributed by atoms with Crippen LogP contribution in [-0.2, 0) is 4.74 Å². The number of nitrogens with zero attached hydrogens (tertiary/aromatic N) is 3. The molecule has 0 bridgehead atoms. The van der Waals surface area contributed by atoms with Gasteiger partial charge in [-0.2, -0.15) is 10.2 Å². The van der Waals surface area contributed by atoms with Gasteiger partial charge in [0.15, 0.2) is 0 Å². The number of halogens is 2. The first kappa shape index (κ1) is 21.0. The number of rotatable bonds is 4. The van der Waals surface area contributed by atoms with Crippen LogP contribution in [0.3, 0.4) is 0 Å². The lowest BCUT2D eigenvalue weighted by Gasteiger charge is -2.41. The van der Waals surface area contributed by atoms with Crippen molar-refractivity contribution in [2.45, 2.75) is 56.1 Å². The first-order valence-corrected chi connectivity index (χ1v) is 12.3. The van der Waals surface area contributed by atoms with Crippen molar-refractivity contribution in [1.29, 1.82) is 0 Å². The minimum atomic E-state index is -0.327. The lowest BCUT2D eigenvalue weighted by molar-refractivity contribution is 0.00573. The number of nitrogens with two attached hydrogens (primary N) is 1. The van der Waals surface area contributed by atoms with Crippen LogP contribution in [0, 0.1) is 23.6 Å². The highest BCUT2D eigenvalue weighted by Crippen LogP contribution is 2.60. The normalized spacial score (nSPS) is 32.2. The van der Waals surface area contributed by atoms with E-state index in [0.717, 1.165) is 51.1 Å². The predicted octanol–water partition coefficient (Wildman–Crippen LogP) is 4.61. The monoisotopic (exact) mass is 456 g/mol. The number of likely N-dealkylation sites (tertiary alicyclic amines) is 1. The van der Waals surface area contributed by atoms with E-state index in [9.17, 15) is 4.39 Å². The summed E-state index contributed by atoms with van der Waals surface area (Å²) in [6.45, 7) is 2.87. The van der Waals surface area contributed by atoms with Gasteiger partial charge in [0.25, 0.3) is 0 Å². The van der Waals surface area contributed by atoms with Crippen LogP contribution in [0.5, 0.6) is 0 Å². The van der Waals surface area contributed by atoms with Crippen molar-refractivity contribution in [3.8, 4) is 11.3 Å². The molecule has 5 nitrogen and oxygen atoms in total. The van der Waals surface area contributed by atoms with Crippen LogP contribution in [0.1, 0.15) is 50.3 Å². The van der Waals surface area contributed by atoms with Crippen LogP contribution in [0.2, 0.25) is 5.02 Å². The molecule has 2 aromatic rings. The number of hydrogen-bond acceptors (Lipinski definition) is 5. The summed E-state index contributed by atoms with van der Waals surface area (Å²) >= 11 is 6.30. The van der Waals surface area contributed by atoms with E-state index in [2.05, 4.69) is 16.1 Å². The Hall–Kier alpha value is -1.60. The summed E-state index contributed by atoms with van der Waals surface area (Å²) in [4.78, 5) is 2.78. The third-order valence-electron chi connectivity index (χ3n) is 8.47. The third kappa shape index (κ3) is 3.47. The van der Waals surface area contributed by atoms with Crippen molar-refractivity contribution in [1.82, 2.24) is 15.1 Å². The molecule has 0 radical (unpaired) electrons. The molecule has 6 rings (SSSR count). The van der Waals surface area contributed by atoms with Crippen molar-refractivity contribution < 1.29 is 9.13 Å². The highest BCUT2D eigenvalue weighted by atomic mass is 35.5. The summed E-state index contributed by atoms with van der Waals surface area (Å²) in [5.41, 5.74) is 8.87. The standard InChI is InChI=1S/C25H30ClFN4O/c26-21-2-1-17(27)12-20(21)22-3-4-23(30-29-22)24-19-13-18(28)11-15(19)14-31(24)25(7-8-25)16-5-9-32-10-6-16/h1-4,12,15-16,18-19,24H,5-11,13-14,28H2. The summed E-state index contributed by atoms with van der Waals surface area (Å²) in [7, 11) is 0. The molecule has 2 aliphatic heterocycles. The summed E-state index contributed by atoms with van der Waals surface area (Å²) in [5, 5.41) is 9.67. The molecule has 2 saturated heterocycles. The Morgan fingerprint density at radius 3 is 2.62 bits per heavy atom. The highest BCUT2D eigenvalue weighted by Gasteiger charge is 2.61. The molecule has 32 heavy (non-hydrogen) atoms. The average molecular weight is 457 g/mol. The molecular formula is C25H30ClFN4O. The number of fused-ring (bicyclic) bond motifs is 1. The average Bonchev–Trinajstić information content (AvgIpc) is 3.43. The minimum Gasteiger partial charge on any atom is -0.381 e. The van der Waals surface area contributed by atoms with Gasteiger partial charge in [-0.1, -0.05) is 11.6 Å². The molecule has 170 valence electrons. The van der Waals surface area contributed by atoms with Gasteiger partial charge in [0, 0.05) is 36.9 Å². The maximum absolute atomic E-state index is 13.8. The van der Waals surface area contributed by atoms with E-state index in [1.807, 2.05) is 6.07 Å². The SMILES string of the molecule is NC1CC2CN(C3(C4CCOCC4)CC3)C(c3ccc(-c4cc(F)ccc4Cl)nn3)C2C1. The van der Waals surface area contributed by atoms with E-state index in [-0.39, 0.29) is 23.4 Å². The third-order valence-corrected chi connectivity index (χ3v) is 8.80. The van der Waals surface area contributed by atoms with Crippen molar-refractivity contribution >= 4 is 11.6 Å². The summed E-state index contributed by atoms with van der Waals surface area (Å²) in [5.74, 6) is 1.53. The van der Waals surface area contributed by atoms with Gasteiger partial charge in [-0.25, -0.2) is 4.39 Å². The predicted molar refractivity (Wildman–Crippen MR) is 122 cm³/mol. The van der Waals surface area contributed by atoms with Crippen molar-refractivity contribution in [3.63, 3.8) is 0 Å². The maximum atomic E-state index is 13.8. The second-order valence-electron chi connectivity index (χ2n) is 10.2. The minimum absolute atomic E-state index is 0.253. The van der Waals surface area contributed by atoms with Crippen LogP contribution >= 0.6 is 11.6 Å². The van der Waals surface area contributed by atoms with Gasteiger partial charge in [0.05, 0.1) is 22.5 Å². The summed E-state index contributed by atoms with van der Waals surface area (Å²) in [6.07, 6.45) is 7.00. The highest BCUT2D eigenvalue weighted by molar-refractivity contribution is 6.33. The molecule has 2 aliphatic carbocycles. The molecule has 4 fully saturated rings. The smallest absolute Gasteiger partial charge is 0.123 e. The van der Waals surface area contributed by atoms with E-state index < -0.39 is 0 Å². The van der Waals surface area contributed by atoms with Gasteiger partial charge in [-0.05, 0) is 86.6 Å². The van der Waals surface area contributed by atoms with Crippen LogP contribution in [0.15, 0.2) is 30.3 Å². The van der Waals surface area contributed by atoms with E-state index in [4.69, 9.17) is 27.2 Å². The van der Waals surface area contributed by atoms with Crippen molar-refractivity contribution in [2.24, 2.45) is 23.5 Å². The Kier molecular flexibility index (Phi) is 5.25. The Balaban J connectivity index is 1.33. The fourth-order valence-electron chi connectivity index (χ4n) is 6.86. The molecule has 2 N–H and O–H groups in total. The summed E-state index contributed by atoms with van der Waals surface area (Å²) < 4.78 is 19.4. The lowest BCUT2D eigenvalue weighted by Crippen LogP contribution is -2.46. The fraction of sp³-hybridized carbons (Fsp3) is 0.600. The van der Waals surface area contributed by atoms with Crippen molar-refractivity contribution in [2.75, 3.05) is 19.8 Å². The van der Waals surface area contributed by atoms with Crippen molar-refractivity contribution in [3.05, 3.63) is 46.9 Å². The number of ether oxygens (including phenoxy) is 1. The van der Waals surface area contributed by atoms with Crippen LogP contribution < -0.4 is 5.73 Å². The van der Waals surface area contributed by atoms with Crippen LogP contribution in [-0.4, -0.2) is 46.4 Å². The molecule has 1 aromatic carbocycles. The fourth-order valence-corrected chi connectivity index (χ4v) is 7.08. The van der Waals surface area contributed by atoms with Gasteiger partial charge in [0.2, 0.25) is 0 Å². The van der Waals surface area contributed by atoms with Gasteiger partial charge in [-0.3, -0.25) is 4.90 Å². The van der Waals surface area contributed by atoms with Gasteiger partial charge in [-0.15, -0.1) is 0 Å². The molecular weight excluding hydrogens is 427 g/mol. The zero-order chi connectivity index (χ0) is 21.9. The molecule has 1 aromatic heterocycles. The molecule has 7 heteroatoms. The molecule has 4 unspecified atom stereocenters. The molecule has 4 aliphatic rings. The molecule has 0 amide bonds. The largest absolute Gasteiger partial charge is 0.381 e. The number of aromatic nitrogens is 2. The Bertz CT molecular complexity index is 992. The first-order chi connectivity index (χ1) is 15.5. The van der Waals surface area contributed by atoms with E-state index in [1.165, 1.54) is 25.0 Å². The number of hydrogen-bond donors (Lipinski definition) is 1. The maximum Gasteiger partial charge on any atom is 0.123 e. The number of benzene rings is 1. The van der Waals surface area contributed by atoms with E-state index in [1.54, 1.807) is 6.07 Å².